The zero-order valence-electron chi connectivity index (χ0n) is 8.91. The maximum Gasteiger partial charge on any atom is 0.248 e. The normalized spacial score (nSPS) is 10.3. The minimum absolute atomic E-state index is 0.107. The summed E-state index contributed by atoms with van der Waals surface area (Å²) in [5, 5.41) is 3.64. The molecule has 4 nitrogen and oxygen atoms in total. The van der Waals surface area contributed by atoms with Crippen LogP contribution in [0.5, 0.6) is 0 Å². The molecule has 82 valence electrons. The van der Waals surface area contributed by atoms with Crippen LogP contribution in [0.4, 0.5) is 0 Å². The number of H-pyrrole nitrogens is 1. The highest BCUT2D eigenvalue weighted by Crippen LogP contribution is 2.13. The van der Waals surface area contributed by atoms with E-state index in [0.29, 0.717) is 6.54 Å². The van der Waals surface area contributed by atoms with Gasteiger partial charge in [0, 0.05) is 30.4 Å². The van der Waals surface area contributed by atoms with Crippen LogP contribution >= 0.6 is 0 Å². The summed E-state index contributed by atoms with van der Waals surface area (Å²) >= 11 is 0. The van der Waals surface area contributed by atoms with E-state index in [4.69, 9.17) is 0 Å². The fourth-order valence-corrected chi connectivity index (χ4v) is 1.64. The zero-order chi connectivity index (χ0) is 11.5. The minimum Gasteiger partial charge on any atom is -0.352 e. The molecule has 1 amide bonds. The van der Waals surface area contributed by atoms with E-state index in [1.165, 1.54) is 13.0 Å². The van der Waals surface area contributed by atoms with E-state index >= 15 is 0 Å². The lowest BCUT2D eigenvalue weighted by atomic mass is 10.1. The molecule has 2 rings (SSSR count). The van der Waals surface area contributed by atoms with Crippen LogP contribution < -0.4 is 10.9 Å². The third-order valence-electron chi connectivity index (χ3n) is 2.36. The summed E-state index contributed by atoms with van der Waals surface area (Å²) in [6, 6.07) is 9.03. The Morgan fingerprint density at radius 2 is 2.12 bits per heavy atom. The molecule has 2 aromatic rings. The number of para-hydroxylation sites is 1. The largest absolute Gasteiger partial charge is 0.352 e. The van der Waals surface area contributed by atoms with Gasteiger partial charge in [-0.15, -0.1) is 0 Å². The Labute approximate surface area is 92.3 Å². The lowest BCUT2D eigenvalue weighted by Crippen LogP contribution is -2.20. The lowest BCUT2D eigenvalue weighted by Gasteiger charge is -2.06. The molecule has 1 heterocycles. The standard InChI is InChI=1S/C12H12N2O2/c1-8(15)13-7-9-6-12(16)14-11-5-3-2-4-10(9)11/h2-6H,7H2,1H3,(H,13,15)(H,14,16). The molecule has 0 fully saturated rings. The second-order valence-corrected chi connectivity index (χ2v) is 3.61. The van der Waals surface area contributed by atoms with Crippen LogP contribution in [0.2, 0.25) is 0 Å². The second kappa shape index (κ2) is 4.18. The Balaban J connectivity index is 2.50. The molecule has 1 aromatic carbocycles. The molecule has 0 atom stereocenters. The van der Waals surface area contributed by atoms with Crippen molar-refractivity contribution in [3.8, 4) is 0 Å². The molecule has 0 bridgehead atoms. The molecule has 1 aromatic heterocycles. The third kappa shape index (κ3) is 2.11. The average Bonchev–Trinajstić information content (AvgIpc) is 2.25. The Hall–Kier alpha value is -2.10. The van der Waals surface area contributed by atoms with Crippen LogP contribution in [-0.2, 0) is 11.3 Å². The summed E-state index contributed by atoms with van der Waals surface area (Å²) in [6.07, 6.45) is 0. The molecule has 0 radical (unpaired) electrons. The molecule has 2 N–H and O–H groups in total. The highest BCUT2D eigenvalue weighted by molar-refractivity contribution is 5.82. The molecule has 0 aliphatic rings. The summed E-state index contributed by atoms with van der Waals surface area (Å²) in [4.78, 5) is 25.0. The number of hydrogen-bond donors (Lipinski definition) is 2. The van der Waals surface area contributed by atoms with Crippen molar-refractivity contribution in [2.45, 2.75) is 13.5 Å². The van der Waals surface area contributed by atoms with E-state index in [1.807, 2.05) is 24.3 Å². The van der Waals surface area contributed by atoms with Gasteiger partial charge in [-0.3, -0.25) is 9.59 Å². The Kier molecular flexibility index (Phi) is 2.72. The highest BCUT2D eigenvalue weighted by atomic mass is 16.1. The molecular weight excluding hydrogens is 204 g/mol. The number of hydrogen-bond acceptors (Lipinski definition) is 2. The predicted octanol–water partition coefficient (Wildman–Crippen LogP) is 1.16. The number of benzene rings is 1. The number of carbonyl (C=O) groups is 1. The van der Waals surface area contributed by atoms with Crippen molar-refractivity contribution in [2.24, 2.45) is 0 Å². The summed E-state index contributed by atoms with van der Waals surface area (Å²) < 4.78 is 0. The van der Waals surface area contributed by atoms with Gasteiger partial charge in [-0.05, 0) is 11.6 Å². The summed E-state index contributed by atoms with van der Waals surface area (Å²) in [7, 11) is 0. The maximum absolute atomic E-state index is 11.4. The Bertz CT molecular complexity index is 587. The van der Waals surface area contributed by atoms with Gasteiger partial charge in [0.05, 0.1) is 0 Å². The fraction of sp³-hybridized carbons (Fsp3) is 0.167. The third-order valence-corrected chi connectivity index (χ3v) is 2.36. The first-order chi connectivity index (χ1) is 7.66. The van der Waals surface area contributed by atoms with Gasteiger partial charge in [-0.1, -0.05) is 18.2 Å². The average molecular weight is 216 g/mol. The number of fused-ring (bicyclic) bond motifs is 1. The number of pyridine rings is 1. The number of carbonyl (C=O) groups excluding carboxylic acids is 1. The van der Waals surface area contributed by atoms with Crippen molar-refractivity contribution in [1.29, 1.82) is 0 Å². The smallest absolute Gasteiger partial charge is 0.248 e. The van der Waals surface area contributed by atoms with Gasteiger partial charge >= 0.3 is 0 Å². The minimum atomic E-state index is -0.154. The van der Waals surface area contributed by atoms with Crippen molar-refractivity contribution in [1.82, 2.24) is 10.3 Å². The fourth-order valence-electron chi connectivity index (χ4n) is 1.64. The molecule has 16 heavy (non-hydrogen) atoms. The molecule has 4 heteroatoms. The quantitative estimate of drug-likeness (QED) is 0.791. The van der Waals surface area contributed by atoms with Crippen LogP contribution in [0.25, 0.3) is 10.9 Å². The topological polar surface area (TPSA) is 62.0 Å². The monoisotopic (exact) mass is 216 g/mol. The Morgan fingerprint density at radius 1 is 1.38 bits per heavy atom. The maximum atomic E-state index is 11.4. The molecule has 0 unspecified atom stereocenters. The first-order valence-electron chi connectivity index (χ1n) is 5.02. The molecular formula is C12H12N2O2. The number of amides is 1. The van der Waals surface area contributed by atoms with Crippen LogP contribution in [0.1, 0.15) is 12.5 Å². The number of aromatic nitrogens is 1. The number of rotatable bonds is 2. The molecule has 0 saturated heterocycles. The van der Waals surface area contributed by atoms with Crippen LogP contribution in [0.15, 0.2) is 35.1 Å². The van der Waals surface area contributed by atoms with Gasteiger partial charge in [-0.25, -0.2) is 0 Å². The lowest BCUT2D eigenvalue weighted by molar-refractivity contribution is -0.119. The Morgan fingerprint density at radius 3 is 2.88 bits per heavy atom. The molecule has 0 spiro atoms. The predicted molar refractivity (Wildman–Crippen MR) is 62.1 cm³/mol. The van der Waals surface area contributed by atoms with Gasteiger partial charge < -0.3 is 10.3 Å². The molecule has 0 aliphatic heterocycles. The summed E-state index contributed by atoms with van der Waals surface area (Å²) in [5.74, 6) is -0.107. The van der Waals surface area contributed by atoms with E-state index in [2.05, 4.69) is 10.3 Å². The van der Waals surface area contributed by atoms with Gasteiger partial charge in [0.1, 0.15) is 0 Å². The van der Waals surface area contributed by atoms with Crippen molar-refractivity contribution in [3.63, 3.8) is 0 Å². The first-order valence-corrected chi connectivity index (χ1v) is 5.02. The van der Waals surface area contributed by atoms with Gasteiger partial charge in [-0.2, -0.15) is 0 Å². The van der Waals surface area contributed by atoms with Crippen molar-refractivity contribution in [3.05, 3.63) is 46.2 Å². The van der Waals surface area contributed by atoms with Gasteiger partial charge in [0.15, 0.2) is 0 Å². The van der Waals surface area contributed by atoms with E-state index < -0.39 is 0 Å². The van der Waals surface area contributed by atoms with E-state index in [0.717, 1.165) is 16.5 Å². The van der Waals surface area contributed by atoms with Gasteiger partial charge in [0.25, 0.3) is 0 Å². The second-order valence-electron chi connectivity index (χ2n) is 3.61. The van der Waals surface area contributed by atoms with Crippen LogP contribution in [-0.4, -0.2) is 10.9 Å². The number of aromatic amines is 1. The zero-order valence-corrected chi connectivity index (χ0v) is 8.91. The van der Waals surface area contributed by atoms with Crippen molar-refractivity contribution < 1.29 is 4.79 Å². The first kappa shape index (κ1) is 10.4. The van der Waals surface area contributed by atoms with E-state index in [-0.39, 0.29) is 11.5 Å². The number of nitrogens with one attached hydrogen (secondary N) is 2. The molecule has 0 saturated carbocycles. The SMILES string of the molecule is CC(=O)NCc1cc(=O)[nH]c2ccccc12. The summed E-state index contributed by atoms with van der Waals surface area (Å²) in [5.41, 5.74) is 1.46. The highest BCUT2D eigenvalue weighted by Gasteiger charge is 2.02. The molecule has 0 aliphatic carbocycles. The van der Waals surface area contributed by atoms with Crippen molar-refractivity contribution >= 4 is 16.8 Å². The van der Waals surface area contributed by atoms with Crippen LogP contribution in [0.3, 0.4) is 0 Å². The van der Waals surface area contributed by atoms with E-state index in [1.54, 1.807) is 0 Å². The summed E-state index contributed by atoms with van der Waals surface area (Å²) in [6.45, 7) is 1.83. The van der Waals surface area contributed by atoms with Gasteiger partial charge in [0.2, 0.25) is 11.5 Å². The van der Waals surface area contributed by atoms with Crippen LogP contribution in [0, 0.1) is 0 Å². The van der Waals surface area contributed by atoms with E-state index in [9.17, 15) is 9.59 Å². The van der Waals surface area contributed by atoms with Crippen molar-refractivity contribution in [2.75, 3.05) is 0 Å².